The van der Waals surface area contributed by atoms with E-state index < -0.39 is 5.97 Å². The van der Waals surface area contributed by atoms with Gasteiger partial charge in [0.25, 0.3) is 5.91 Å². The minimum Gasteiger partial charge on any atom is -0.456 e. The van der Waals surface area contributed by atoms with Crippen LogP contribution in [0.15, 0.2) is 54.6 Å². The SMILES string of the molecule is C[C@H](NC(=O)COC(=O)CCc1ccccc1Cl)c1ccccc1. The van der Waals surface area contributed by atoms with Crippen LogP contribution in [-0.2, 0) is 20.7 Å². The molecule has 0 aromatic heterocycles. The van der Waals surface area contributed by atoms with Crippen LogP contribution >= 0.6 is 11.6 Å². The topological polar surface area (TPSA) is 55.4 Å². The number of ether oxygens (including phenoxy) is 1. The Kier molecular flexibility index (Phi) is 6.82. The van der Waals surface area contributed by atoms with Crippen LogP contribution < -0.4 is 5.32 Å². The van der Waals surface area contributed by atoms with E-state index in [1.165, 1.54) is 0 Å². The van der Waals surface area contributed by atoms with Gasteiger partial charge in [-0.05, 0) is 30.5 Å². The molecular weight excluding hydrogens is 326 g/mol. The lowest BCUT2D eigenvalue weighted by Crippen LogP contribution is -2.31. The molecule has 0 heterocycles. The summed E-state index contributed by atoms with van der Waals surface area (Å²) in [5, 5.41) is 3.42. The van der Waals surface area contributed by atoms with Gasteiger partial charge in [0.05, 0.1) is 6.04 Å². The Balaban J connectivity index is 1.71. The van der Waals surface area contributed by atoms with Gasteiger partial charge in [0, 0.05) is 11.4 Å². The molecule has 0 saturated carbocycles. The van der Waals surface area contributed by atoms with Crippen LogP contribution in [0.2, 0.25) is 5.02 Å². The van der Waals surface area contributed by atoms with Crippen molar-refractivity contribution in [2.24, 2.45) is 0 Å². The summed E-state index contributed by atoms with van der Waals surface area (Å²) in [6, 6.07) is 16.8. The first-order valence-corrected chi connectivity index (χ1v) is 8.17. The standard InChI is InChI=1S/C19H20ClNO3/c1-14(15-7-3-2-4-8-15)21-18(22)13-24-19(23)12-11-16-9-5-6-10-17(16)20/h2-10,14H,11-13H2,1H3,(H,21,22)/t14-/m0/s1. The van der Waals surface area contributed by atoms with Gasteiger partial charge < -0.3 is 10.1 Å². The number of amides is 1. The lowest BCUT2D eigenvalue weighted by Gasteiger charge is -2.14. The summed E-state index contributed by atoms with van der Waals surface area (Å²) < 4.78 is 5.01. The van der Waals surface area contributed by atoms with Crippen LogP contribution in [-0.4, -0.2) is 18.5 Å². The Morgan fingerprint density at radius 1 is 1.08 bits per heavy atom. The number of carbonyl (C=O) groups is 2. The summed E-state index contributed by atoms with van der Waals surface area (Å²) in [5.41, 5.74) is 1.88. The van der Waals surface area contributed by atoms with Crippen molar-refractivity contribution in [1.29, 1.82) is 0 Å². The van der Waals surface area contributed by atoms with Gasteiger partial charge in [-0.1, -0.05) is 60.1 Å². The lowest BCUT2D eigenvalue weighted by atomic mass is 10.1. The average molecular weight is 346 g/mol. The highest BCUT2D eigenvalue weighted by Crippen LogP contribution is 2.16. The molecule has 0 unspecified atom stereocenters. The number of benzene rings is 2. The van der Waals surface area contributed by atoms with Crippen molar-refractivity contribution < 1.29 is 14.3 Å². The highest BCUT2D eigenvalue weighted by atomic mass is 35.5. The van der Waals surface area contributed by atoms with Gasteiger partial charge in [0.15, 0.2) is 6.61 Å². The molecule has 4 nitrogen and oxygen atoms in total. The monoisotopic (exact) mass is 345 g/mol. The van der Waals surface area contributed by atoms with Gasteiger partial charge in [0.1, 0.15) is 0 Å². The van der Waals surface area contributed by atoms with E-state index in [-0.39, 0.29) is 25.0 Å². The normalized spacial score (nSPS) is 11.6. The first-order chi connectivity index (χ1) is 11.6. The van der Waals surface area contributed by atoms with E-state index in [4.69, 9.17) is 16.3 Å². The molecule has 5 heteroatoms. The fourth-order valence-electron chi connectivity index (χ4n) is 2.26. The van der Waals surface area contributed by atoms with Gasteiger partial charge in [-0.3, -0.25) is 9.59 Å². The van der Waals surface area contributed by atoms with E-state index in [0.717, 1.165) is 11.1 Å². The zero-order valence-corrected chi connectivity index (χ0v) is 14.3. The molecule has 0 spiro atoms. The molecule has 1 amide bonds. The zero-order chi connectivity index (χ0) is 17.4. The molecule has 126 valence electrons. The molecule has 0 radical (unpaired) electrons. The number of halogens is 1. The minimum atomic E-state index is -0.419. The molecule has 2 aromatic carbocycles. The van der Waals surface area contributed by atoms with Crippen molar-refractivity contribution in [3.8, 4) is 0 Å². The predicted octanol–water partition coefficient (Wildman–Crippen LogP) is 3.69. The number of nitrogens with one attached hydrogen (secondary N) is 1. The van der Waals surface area contributed by atoms with E-state index in [9.17, 15) is 9.59 Å². The molecular formula is C19H20ClNO3. The number of rotatable bonds is 7. The molecule has 1 atom stereocenters. The van der Waals surface area contributed by atoms with Crippen molar-refractivity contribution in [2.75, 3.05) is 6.61 Å². The molecule has 1 N–H and O–H groups in total. The molecule has 0 aliphatic heterocycles. The van der Waals surface area contributed by atoms with Crippen molar-refractivity contribution in [1.82, 2.24) is 5.32 Å². The number of hydrogen-bond donors (Lipinski definition) is 1. The molecule has 2 aromatic rings. The highest BCUT2D eigenvalue weighted by Gasteiger charge is 2.12. The number of hydrogen-bond acceptors (Lipinski definition) is 3. The second-order valence-corrected chi connectivity index (χ2v) is 5.86. The molecule has 0 aliphatic carbocycles. The molecule has 0 bridgehead atoms. The van der Waals surface area contributed by atoms with Gasteiger partial charge in [0.2, 0.25) is 0 Å². The second-order valence-electron chi connectivity index (χ2n) is 5.45. The van der Waals surface area contributed by atoms with E-state index in [0.29, 0.717) is 11.4 Å². The van der Waals surface area contributed by atoms with Crippen LogP contribution in [0.1, 0.15) is 30.5 Å². The van der Waals surface area contributed by atoms with E-state index >= 15 is 0 Å². The maximum Gasteiger partial charge on any atom is 0.306 e. The summed E-state index contributed by atoms with van der Waals surface area (Å²) in [5.74, 6) is -0.741. The van der Waals surface area contributed by atoms with Gasteiger partial charge >= 0.3 is 5.97 Å². The van der Waals surface area contributed by atoms with Crippen molar-refractivity contribution in [2.45, 2.75) is 25.8 Å². The highest BCUT2D eigenvalue weighted by molar-refractivity contribution is 6.31. The fraction of sp³-hybridized carbons (Fsp3) is 0.263. The van der Waals surface area contributed by atoms with Crippen molar-refractivity contribution >= 4 is 23.5 Å². The lowest BCUT2D eigenvalue weighted by molar-refractivity contribution is -0.148. The molecule has 0 aliphatic rings. The molecule has 2 rings (SSSR count). The van der Waals surface area contributed by atoms with Crippen LogP contribution in [0.4, 0.5) is 0 Å². The third-order valence-corrected chi connectivity index (χ3v) is 3.97. The summed E-state index contributed by atoms with van der Waals surface area (Å²) in [4.78, 5) is 23.6. The predicted molar refractivity (Wildman–Crippen MR) is 93.7 cm³/mol. The Bertz CT molecular complexity index is 688. The van der Waals surface area contributed by atoms with Crippen LogP contribution in [0.25, 0.3) is 0 Å². The Morgan fingerprint density at radius 3 is 2.46 bits per heavy atom. The first-order valence-electron chi connectivity index (χ1n) is 7.79. The smallest absolute Gasteiger partial charge is 0.306 e. The second kappa shape index (κ2) is 9.08. The van der Waals surface area contributed by atoms with E-state index in [1.807, 2.05) is 55.5 Å². The average Bonchev–Trinajstić information content (AvgIpc) is 2.60. The quantitative estimate of drug-likeness (QED) is 0.778. The van der Waals surface area contributed by atoms with Gasteiger partial charge in [-0.25, -0.2) is 0 Å². The van der Waals surface area contributed by atoms with E-state index in [1.54, 1.807) is 6.07 Å². The Hall–Kier alpha value is -2.33. The minimum absolute atomic E-state index is 0.138. The van der Waals surface area contributed by atoms with Crippen LogP contribution in [0.5, 0.6) is 0 Å². The largest absolute Gasteiger partial charge is 0.456 e. The first kappa shape index (κ1) is 18.0. The summed E-state index contributed by atoms with van der Waals surface area (Å²) in [7, 11) is 0. The van der Waals surface area contributed by atoms with Gasteiger partial charge in [-0.15, -0.1) is 0 Å². The Morgan fingerprint density at radius 2 is 1.75 bits per heavy atom. The van der Waals surface area contributed by atoms with Crippen molar-refractivity contribution in [3.63, 3.8) is 0 Å². The van der Waals surface area contributed by atoms with Crippen molar-refractivity contribution in [3.05, 3.63) is 70.7 Å². The summed E-state index contributed by atoms with van der Waals surface area (Å²) in [6.45, 7) is 1.60. The molecule has 0 saturated heterocycles. The zero-order valence-electron chi connectivity index (χ0n) is 13.5. The maximum absolute atomic E-state index is 11.9. The van der Waals surface area contributed by atoms with Gasteiger partial charge in [-0.2, -0.15) is 0 Å². The molecule has 0 fully saturated rings. The maximum atomic E-state index is 11.9. The van der Waals surface area contributed by atoms with E-state index in [2.05, 4.69) is 5.32 Å². The number of esters is 1. The molecule has 24 heavy (non-hydrogen) atoms. The Labute approximate surface area is 146 Å². The van der Waals surface area contributed by atoms with Crippen LogP contribution in [0, 0.1) is 0 Å². The summed E-state index contributed by atoms with van der Waals surface area (Å²) >= 11 is 6.03. The number of carbonyl (C=O) groups excluding carboxylic acids is 2. The number of aryl methyl sites for hydroxylation is 1. The van der Waals surface area contributed by atoms with Crippen LogP contribution in [0.3, 0.4) is 0 Å². The third-order valence-electron chi connectivity index (χ3n) is 3.60. The summed E-state index contributed by atoms with van der Waals surface area (Å²) in [6.07, 6.45) is 0.672. The fourth-order valence-corrected chi connectivity index (χ4v) is 2.49. The third kappa shape index (κ3) is 5.70.